The lowest BCUT2D eigenvalue weighted by atomic mass is 9.96. The molecule has 2 aliphatic heterocycles. The van der Waals surface area contributed by atoms with Gasteiger partial charge in [0.25, 0.3) is 0 Å². The average molecular weight is 484 g/mol. The lowest BCUT2D eigenvalue weighted by molar-refractivity contribution is -0.133. The number of nitrogens with zero attached hydrogens (tertiary/aromatic N) is 2. The normalized spacial score (nSPS) is 15.9. The van der Waals surface area contributed by atoms with Crippen molar-refractivity contribution < 1.29 is 14.3 Å². The van der Waals surface area contributed by atoms with Gasteiger partial charge in [-0.3, -0.25) is 14.5 Å². The summed E-state index contributed by atoms with van der Waals surface area (Å²) in [5.41, 5.74) is 4.54. The molecule has 2 amide bonds. The van der Waals surface area contributed by atoms with E-state index in [0.29, 0.717) is 25.9 Å². The van der Waals surface area contributed by atoms with Crippen LogP contribution in [0.2, 0.25) is 0 Å². The highest BCUT2D eigenvalue weighted by Gasteiger charge is 2.28. The maximum absolute atomic E-state index is 12.9. The maximum Gasteiger partial charge on any atom is 0.224 e. The number of hydrogen-bond acceptors (Lipinski definition) is 4. The number of aryl methyl sites for hydroxylation is 1. The molecule has 1 N–H and O–H groups in total. The molecule has 0 unspecified atom stereocenters. The zero-order valence-corrected chi connectivity index (χ0v) is 20.6. The van der Waals surface area contributed by atoms with Gasteiger partial charge in [0.1, 0.15) is 5.75 Å². The van der Waals surface area contributed by atoms with E-state index >= 15 is 0 Å². The molecular formula is C30H33N3O3. The van der Waals surface area contributed by atoms with Crippen LogP contribution in [-0.4, -0.2) is 54.4 Å². The Balaban J connectivity index is 1.10. The fourth-order valence-electron chi connectivity index (χ4n) is 5.14. The predicted octanol–water partition coefficient (Wildman–Crippen LogP) is 4.66. The molecule has 6 nitrogen and oxygen atoms in total. The summed E-state index contributed by atoms with van der Waals surface area (Å²) in [6, 6.07) is 27.2. The van der Waals surface area contributed by atoms with Crippen LogP contribution in [0.15, 0.2) is 78.9 Å². The van der Waals surface area contributed by atoms with Crippen LogP contribution in [0.5, 0.6) is 5.75 Å². The number of ether oxygens (including phenoxy) is 1. The minimum Gasteiger partial charge on any atom is -0.494 e. The molecule has 0 atom stereocenters. The van der Waals surface area contributed by atoms with Crippen molar-refractivity contribution >= 4 is 17.5 Å². The number of anilines is 1. The monoisotopic (exact) mass is 483 g/mol. The lowest BCUT2D eigenvalue weighted by Crippen LogP contribution is -2.49. The largest absolute Gasteiger partial charge is 0.494 e. The van der Waals surface area contributed by atoms with Gasteiger partial charge in [-0.1, -0.05) is 60.7 Å². The third-order valence-corrected chi connectivity index (χ3v) is 7.04. The summed E-state index contributed by atoms with van der Waals surface area (Å²) in [5, 5.41) is 2.89. The van der Waals surface area contributed by atoms with Crippen molar-refractivity contribution in [3.8, 4) is 5.75 Å². The molecule has 0 saturated carbocycles. The number of hydrogen-bond donors (Lipinski definition) is 1. The van der Waals surface area contributed by atoms with E-state index in [9.17, 15) is 9.59 Å². The number of piperazine rings is 1. The Morgan fingerprint density at radius 3 is 2.19 bits per heavy atom. The molecule has 0 aromatic heterocycles. The van der Waals surface area contributed by atoms with Crippen LogP contribution in [0.4, 0.5) is 5.69 Å². The van der Waals surface area contributed by atoms with Crippen LogP contribution in [0.1, 0.15) is 42.0 Å². The summed E-state index contributed by atoms with van der Waals surface area (Å²) < 4.78 is 5.89. The maximum atomic E-state index is 12.9. The summed E-state index contributed by atoms with van der Waals surface area (Å²) in [6.07, 6.45) is 2.42. The van der Waals surface area contributed by atoms with Crippen LogP contribution in [0.25, 0.3) is 0 Å². The van der Waals surface area contributed by atoms with Gasteiger partial charge >= 0.3 is 0 Å². The molecule has 2 heterocycles. The van der Waals surface area contributed by atoms with Gasteiger partial charge in [-0.05, 0) is 47.7 Å². The zero-order chi connectivity index (χ0) is 24.7. The Bertz CT molecular complexity index is 1140. The van der Waals surface area contributed by atoms with E-state index in [1.807, 2.05) is 23.1 Å². The molecule has 186 valence electrons. The van der Waals surface area contributed by atoms with Crippen molar-refractivity contribution in [2.24, 2.45) is 0 Å². The van der Waals surface area contributed by atoms with Crippen molar-refractivity contribution in [1.82, 2.24) is 9.80 Å². The Morgan fingerprint density at radius 1 is 0.861 bits per heavy atom. The second kappa shape index (κ2) is 11.4. The highest BCUT2D eigenvalue weighted by atomic mass is 16.5. The first-order chi connectivity index (χ1) is 17.7. The van der Waals surface area contributed by atoms with Crippen LogP contribution < -0.4 is 10.1 Å². The zero-order valence-electron chi connectivity index (χ0n) is 20.6. The van der Waals surface area contributed by atoms with Crippen LogP contribution in [0, 0.1) is 0 Å². The van der Waals surface area contributed by atoms with Gasteiger partial charge in [-0.25, -0.2) is 0 Å². The number of amides is 2. The fraction of sp³-hybridized carbons (Fsp3) is 0.333. The Labute approximate surface area is 212 Å². The fourth-order valence-corrected chi connectivity index (χ4v) is 5.14. The van der Waals surface area contributed by atoms with Crippen molar-refractivity contribution in [3.63, 3.8) is 0 Å². The van der Waals surface area contributed by atoms with Gasteiger partial charge in [0, 0.05) is 44.7 Å². The van der Waals surface area contributed by atoms with Gasteiger partial charge in [-0.15, -0.1) is 0 Å². The topological polar surface area (TPSA) is 61.9 Å². The molecular weight excluding hydrogens is 450 g/mol. The van der Waals surface area contributed by atoms with Crippen molar-refractivity contribution in [3.05, 3.63) is 95.6 Å². The SMILES string of the molecule is O=C1CCc2cc(OCCCC(=O)N3CCN(C(c4ccccc4)c4ccccc4)CC3)ccc2N1. The van der Waals surface area contributed by atoms with E-state index in [-0.39, 0.29) is 17.9 Å². The molecule has 0 aliphatic carbocycles. The molecule has 1 saturated heterocycles. The summed E-state index contributed by atoms with van der Waals surface area (Å²) in [7, 11) is 0. The van der Waals surface area contributed by atoms with E-state index in [1.165, 1.54) is 11.1 Å². The Hall–Kier alpha value is -3.64. The van der Waals surface area contributed by atoms with Crippen molar-refractivity contribution in [1.29, 1.82) is 0 Å². The highest BCUT2D eigenvalue weighted by molar-refractivity contribution is 5.94. The van der Waals surface area contributed by atoms with Crippen LogP contribution >= 0.6 is 0 Å². The van der Waals surface area contributed by atoms with Gasteiger partial charge in [0.05, 0.1) is 12.6 Å². The first-order valence-corrected chi connectivity index (χ1v) is 12.8. The second-order valence-corrected chi connectivity index (χ2v) is 9.46. The minimum atomic E-state index is 0.0613. The van der Waals surface area contributed by atoms with Gasteiger partial charge in [-0.2, -0.15) is 0 Å². The Morgan fingerprint density at radius 2 is 1.53 bits per heavy atom. The van der Waals surface area contributed by atoms with E-state index in [4.69, 9.17) is 4.74 Å². The first kappa shape index (κ1) is 24.1. The van der Waals surface area contributed by atoms with E-state index in [0.717, 1.165) is 49.6 Å². The number of fused-ring (bicyclic) bond motifs is 1. The number of carbonyl (C=O) groups is 2. The van der Waals surface area contributed by atoms with E-state index < -0.39 is 0 Å². The average Bonchev–Trinajstić information content (AvgIpc) is 2.93. The summed E-state index contributed by atoms with van der Waals surface area (Å²) in [5.74, 6) is 1.05. The highest BCUT2D eigenvalue weighted by Crippen LogP contribution is 2.30. The molecule has 3 aromatic carbocycles. The number of nitrogens with one attached hydrogen (secondary N) is 1. The lowest BCUT2D eigenvalue weighted by Gasteiger charge is -2.40. The molecule has 0 spiro atoms. The van der Waals surface area contributed by atoms with Gasteiger partial charge in [0.2, 0.25) is 11.8 Å². The molecule has 6 heteroatoms. The van der Waals surface area contributed by atoms with Gasteiger partial charge in [0.15, 0.2) is 0 Å². The number of carbonyl (C=O) groups excluding carboxylic acids is 2. The van der Waals surface area contributed by atoms with Crippen molar-refractivity contribution in [2.75, 3.05) is 38.1 Å². The molecule has 0 bridgehead atoms. The quantitative estimate of drug-likeness (QED) is 0.473. The molecule has 36 heavy (non-hydrogen) atoms. The molecule has 2 aliphatic rings. The summed E-state index contributed by atoms with van der Waals surface area (Å²) >= 11 is 0. The van der Waals surface area contributed by atoms with E-state index in [1.54, 1.807) is 0 Å². The smallest absolute Gasteiger partial charge is 0.224 e. The standard InChI is InChI=1S/C30H33N3O3/c34-28-16-13-25-22-26(14-15-27(25)31-28)36-21-7-12-29(35)32-17-19-33(20-18-32)30(23-8-3-1-4-9-23)24-10-5-2-6-11-24/h1-6,8-11,14-15,22,30H,7,12-13,16-21H2,(H,31,34). The summed E-state index contributed by atoms with van der Waals surface area (Å²) in [4.78, 5) is 28.8. The van der Waals surface area contributed by atoms with Crippen LogP contribution in [-0.2, 0) is 16.0 Å². The first-order valence-electron chi connectivity index (χ1n) is 12.8. The Kier molecular flexibility index (Phi) is 7.62. The summed E-state index contributed by atoms with van der Waals surface area (Å²) in [6.45, 7) is 3.68. The van der Waals surface area contributed by atoms with E-state index in [2.05, 4.69) is 70.9 Å². The number of rotatable bonds is 8. The number of benzene rings is 3. The molecule has 1 fully saturated rings. The second-order valence-electron chi connectivity index (χ2n) is 9.46. The third kappa shape index (κ3) is 5.77. The third-order valence-electron chi connectivity index (χ3n) is 7.04. The molecule has 0 radical (unpaired) electrons. The van der Waals surface area contributed by atoms with Gasteiger partial charge < -0.3 is 15.0 Å². The minimum absolute atomic E-state index is 0.0613. The van der Waals surface area contributed by atoms with Crippen molar-refractivity contribution in [2.45, 2.75) is 31.7 Å². The predicted molar refractivity (Wildman–Crippen MR) is 141 cm³/mol. The molecule has 5 rings (SSSR count). The van der Waals surface area contributed by atoms with Crippen LogP contribution in [0.3, 0.4) is 0 Å². The molecule has 3 aromatic rings.